The fourth-order valence-corrected chi connectivity index (χ4v) is 2.84. The third kappa shape index (κ3) is 5.09. The maximum atomic E-state index is 5.88. The topological polar surface area (TPSA) is 9.23 Å². The normalized spacial score (nSPS) is 21.0. The van der Waals surface area contributed by atoms with Gasteiger partial charge in [-0.2, -0.15) is 12.6 Å². The fraction of sp³-hybridized carbons (Fsp3) is 1.00. The SMILES string of the molecule is CC(C)CCOCC1(CS)CCCCCC1. The number of rotatable bonds is 6. The summed E-state index contributed by atoms with van der Waals surface area (Å²) < 4.78 is 5.88. The van der Waals surface area contributed by atoms with Gasteiger partial charge in [0.15, 0.2) is 0 Å². The van der Waals surface area contributed by atoms with Crippen LogP contribution in [0.15, 0.2) is 0 Å². The molecule has 0 aliphatic heterocycles. The van der Waals surface area contributed by atoms with Crippen LogP contribution in [-0.4, -0.2) is 19.0 Å². The molecule has 0 N–H and O–H groups in total. The molecule has 1 fully saturated rings. The summed E-state index contributed by atoms with van der Waals surface area (Å²) in [4.78, 5) is 0. The van der Waals surface area contributed by atoms with Gasteiger partial charge in [0.25, 0.3) is 0 Å². The van der Waals surface area contributed by atoms with Crippen molar-refractivity contribution in [1.82, 2.24) is 0 Å². The predicted octanol–water partition coefficient (Wildman–Crippen LogP) is 4.32. The van der Waals surface area contributed by atoms with Crippen molar-refractivity contribution in [3.8, 4) is 0 Å². The summed E-state index contributed by atoms with van der Waals surface area (Å²) in [5.74, 6) is 1.75. The second kappa shape index (κ2) is 7.60. The van der Waals surface area contributed by atoms with Crippen molar-refractivity contribution in [3.63, 3.8) is 0 Å². The molecule has 2 heteroatoms. The summed E-state index contributed by atoms with van der Waals surface area (Å²) in [6.07, 6.45) is 9.37. The lowest BCUT2D eigenvalue weighted by Gasteiger charge is -2.31. The van der Waals surface area contributed by atoms with Crippen LogP contribution in [0.25, 0.3) is 0 Å². The first-order valence-corrected chi connectivity index (χ1v) is 7.50. The lowest BCUT2D eigenvalue weighted by molar-refractivity contribution is 0.0418. The molecule has 1 saturated carbocycles. The van der Waals surface area contributed by atoms with E-state index in [4.69, 9.17) is 4.74 Å². The molecule has 0 amide bonds. The molecule has 0 saturated heterocycles. The molecule has 1 aliphatic carbocycles. The zero-order chi connectivity index (χ0) is 11.9. The van der Waals surface area contributed by atoms with Crippen LogP contribution in [0.5, 0.6) is 0 Å². The van der Waals surface area contributed by atoms with Crippen molar-refractivity contribution >= 4 is 12.6 Å². The van der Waals surface area contributed by atoms with Crippen molar-refractivity contribution in [3.05, 3.63) is 0 Å². The predicted molar refractivity (Wildman–Crippen MR) is 74.3 cm³/mol. The molecule has 1 rings (SSSR count). The summed E-state index contributed by atoms with van der Waals surface area (Å²) in [6.45, 7) is 6.36. The molecule has 0 aromatic carbocycles. The number of hydrogen-bond donors (Lipinski definition) is 1. The van der Waals surface area contributed by atoms with Gasteiger partial charge >= 0.3 is 0 Å². The van der Waals surface area contributed by atoms with Crippen molar-refractivity contribution in [2.45, 2.75) is 58.8 Å². The molecule has 0 spiro atoms. The molecule has 0 bridgehead atoms. The van der Waals surface area contributed by atoms with Gasteiger partial charge in [-0.3, -0.25) is 0 Å². The molecule has 1 nitrogen and oxygen atoms in total. The highest BCUT2D eigenvalue weighted by molar-refractivity contribution is 7.80. The average molecular weight is 244 g/mol. The Balaban J connectivity index is 2.28. The molecule has 0 unspecified atom stereocenters. The van der Waals surface area contributed by atoms with Crippen LogP contribution in [-0.2, 0) is 4.74 Å². The maximum absolute atomic E-state index is 5.88. The van der Waals surface area contributed by atoms with Crippen LogP contribution >= 0.6 is 12.6 Å². The van der Waals surface area contributed by atoms with Crippen molar-refractivity contribution in [2.24, 2.45) is 11.3 Å². The van der Waals surface area contributed by atoms with Crippen LogP contribution < -0.4 is 0 Å². The van der Waals surface area contributed by atoms with E-state index in [0.29, 0.717) is 5.41 Å². The Hall–Kier alpha value is 0.310. The molecule has 96 valence electrons. The second-order valence-corrected chi connectivity index (χ2v) is 6.12. The zero-order valence-electron chi connectivity index (χ0n) is 11.0. The molecule has 0 aromatic rings. The Morgan fingerprint density at radius 2 is 1.75 bits per heavy atom. The van der Waals surface area contributed by atoms with Crippen molar-refractivity contribution < 1.29 is 4.74 Å². The van der Waals surface area contributed by atoms with Gasteiger partial charge in [-0.05, 0) is 30.9 Å². The largest absolute Gasteiger partial charge is 0.381 e. The van der Waals surface area contributed by atoms with Crippen molar-refractivity contribution in [2.75, 3.05) is 19.0 Å². The summed E-state index contributed by atoms with van der Waals surface area (Å²) in [5, 5.41) is 0. The molecular formula is C14H28OS. The molecule has 0 atom stereocenters. The minimum atomic E-state index is 0.386. The molecule has 1 aliphatic rings. The Morgan fingerprint density at radius 1 is 1.12 bits per heavy atom. The van der Waals surface area contributed by atoms with Gasteiger partial charge < -0.3 is 4.74 Å². The standard InChI is InChI=1S/C14H28OS/c1-13(2)7-10-15-11-14(12-16)8-5-3-4-6-9-14/h13,16H,3-12H2,1-2H3. The third-order valence-electron chi connectivity index (χ3n) is 3.75. The van der Waals surface area contributed by atoms with E-state index in [9.17, 15) is 0 Å². The van der Waals surface area contributed by atoms with E-state index >= 15 is 0 Å². The fourth-order valence-electron chi connectivity index (χ4n) is 2.43. The highest BCUT2D eigenvalue weighted by atomic mass is 32.1. The van der Waals surface area contributed by atoms with Gasteiger partial charge in [0.2, 0.25) is 0 Å². The van der Waals surface area contributed by atoms with E-state index in [1.807, 2.05) is 0 Å². The van der Waals surface area contributed by atoms with Crippen LogP contribution in [0, 0.1) is 11.3 Å². The number of hydrogen-bond acceptors (Lipinski definition) is 2. The van der Waals surface area contributed by atoms with Gasteiger partial charge in [0.05, 0.1) is 6.61 Å². The summed E-state index contributed by atoms with van der Waals surface area (Å²) in [7, 11) is 0. The van der Waals surface area contributed by atoms with Crippen molar-refractivity contribution in [1.29, 1.82) is 0 Å². The number of thiol groups is 1. The Morgan fingerprint density at radius 3 is 2.25 bits per heavy atom. The van der Waals surface area contributed by atoms with E-state index in [1.165, 1.54) is 44.9 Å². The zero-order valence-corrected chi connectivity index (χ0v) is 11.9. The van der Waals surface area contributed by atoms with Crippen LogP contribution in [0.2, 0.25) is 0 Å². The second-order valence-electron chi connectivity index (χ2n) is 5.81. The first kappa shape index (κ1) is 14.4. The van der Waals surface area contributed by atoms with Gasteiger partial charge in [0.1, 0.15) is 0 Å². The van der Waals surface area contributed by atoms with Gasteiger partial charge in [-0.15, -0.1) is 0 Å². The Labute approximate surface area is 107 Å². The summed E-state index contributed by atoms with van der Waals surface area (Å²) in [5.41, 5.74) is 0.386. The molecule has 0 aromatic heterocycles. The highest BCUT2D eigenvalue weighted by Gasteiger charge is 2.29. The van der Waals surface area contributed by atoms with Gasteiger partial charge in [0, 0.05) is 12.0 Å². The Bertz CT molecular complexity index is 172. The van der Waals surface area contributed by atoms with E-state index in [0.717, 1.165) is 24.9 Å². The van der Waals surface area contributed by atoms with Gasteiger partial charge in [-0.1, -0.05) is 39.5 Å². The Kier molecular flexibility index (Phi) is 6.83. The first-order chi connectivity index (χ1) is 7.68. The number of ether oxygens (including phenoxy) is 1. The molecule has 0 radical (unpaired) electrons. The smallest absolute Gasteiger partial charge is 0.0530 e. The summed E-state index contributed by atoms with van der Waals surface area (Å²) in [6, 6.07) is 0. The highest BCUT2D eigenvalue weighted by Crippen LogP contribution is 2.36. The minimum absolute atomic E-state index is 0.386. The van der Waals surface area contributed by atoms with E-state index in [-0.39, 0.29) is 0 Å². The molecule has 16 heavy (non-hydrogen) atoms. The van der Waals surface area contributed by atoms with E-state index < -0.39 is 0 Å². The monoisotopic (exact) mass is 244 g/mol. The lowest BCUT2D eigenvalue weighted by Crippen LogP contribution is -2.29. The lowest BCUT2D eigenvalue weighted by atomic mass is 9.83. The van der Waals surface area contributed by atoms with E-state index in [1.54, 1.807) is 0 Å². The molecule has 0 heterocycles. The quantitative estimate of drug-likeness (QED) is 0.416. The minimum Gasteiger partial charge on any atom is -0.381 e. The van der Waals surface area contributed by atoms with Crippen LogP contribution in [0.3, 0.4) is 0 Å². The average Bonchev–Trinajstić information content (AvgIpc) is 2.50. The van der Waals surface area contributed by atoms with Gasteiger partial charge in [-0.25, -0.2) is 0 Å². The van der Waals surface area contributed by atoms with E-state index in [2.05, 4.69) is 26.5 Å². The van der Waals surface area contributed by atoms with Crippen LogP contribution in [0.1, 0.15) is 58.8 Å². The van der Waals surface area contributed by atoms with Crippen LogP contribution in [0.4, 0.5) is 0 Å². The maximum Gasteiger partial charge on any atom is 0.0530 e. The first-order valence-electron chi connectivity index (χ1n) is 6.87. The third-order valence-corrected chi connectivity index (χ3v) is 4.42. The summed E-state index contributed by atoms with van der Waals surface area (Å²) >= 11 is 4.56. The molecular weight excluding hydrogens is 216 g/mol.